The van der Waals surface area contributed by atoms with Crippen molar-refractivity contribution in [2.45, 2.75) is 64.5 Å². The number of hydrogen-bond donors (Lipinski definition) is 2. The molecule has 1 saturated carbocycles. The van der Waals surface area contributed by atoms with Crippen LogP contribution in [0.2, 0.25) is 0 Å². The van der Waals surface area contributed by atoms with E-state index in [1.165, 1.54) is 19.3 Å². The molecule has 1 fully saturated rings. The molecule has 0 bridgehead atoms. The quantitative estimate of drug-likeness (QED) is 0.739. The summed E-state index contributed by atoms with van der Waals surface area (Å²) in [4.78, 5) is 22.9. The number of amides is 2. The van der Waals surface area contributed by atoms with Crippen molar-refractivity contribution in [1.82, 2.24) is 10.6 Å². The maximum absolute atomic E-state index is 11.7. The highest BCUT2D eigenvalue weighted by Gasteiger charge is 2.17. The van der Waals surface area contributed by atoms with Gasteiger partial charge in [-0.3, -0.25) is 4.79 Å². The average Bonchev–Trinajstić information content (AvgIpc) is 2.29. The zero-order chi connectivity index (χ0) is 13.4. The summed E-state index contributed by atoms with van der Waals surface area (Å²) in [5, 5.41) is 5.72. The van der Waals surface area contributed by atoms with Gasteiger partial charge in [0.25, 0.3) is 0 Å². The monoisotopic (exact) mass is 256 g/mol. The zero-order valence-electron chi connectivity index (χ0n) is 11.3. The van der Waals surface area contributed by atoms with Gasteiger partial charge in [-0.15, -0.1) is 0 Å². The van der Waals surface area contributed by atoms with Crippen LogP contribution in [0.4, 0.5) is 4.79 Å². The molecule has 2 amide bonds. The maximum Gasteiger partial charge on any atom is 0.315 e. The third-order valence-electron chi connectivity index (χ3n) is 3.10. The minimum atomic E-state index is -0.275. The summed E-state index contributed by atoms with van der Waals surface area (Å²) in [6.07, 6.45) is 5.96. The maximum atomic E-state index is 11.7. The van der Waals surface area contributed by atoms with Gasteiger partial charge in [0, 0.05) is 12.1 Å². The lowest BCUT2D eigenvalue weighted by molar-refractivity contribution is -0.143. The normalized spacial score (nSPS) is 17.9. The van der Waals surface area contributed by atoms with E-state index in [-0.39, 0.29) is 30.5 Å². The highest BCUT2D eigenvalue weighted by Crippen LogP contribution is 2.17. The summed E-state index contributed by atoms with van der Waals surface area (Å²) >= 11 is 0. The topological polar surface area (TPSA) is 67.4 Å². The van der Waals surface area contributed by atoms with E-state index >= 15 is 0 Å². The van der Waals surface area contributed by atoms with Gasteiger partial charge in [0.2, 0.25) is 0 Å². The van der Waals surface area contributed by atoms with Crippen LogP contribution in [0, 0.1) is 0 Å². The van der Waals surface area contributed by atoms with Crippen molar-refractivity contribution in [3.05, 3.63) is 0 Å². The number of hydrogen-bond acceptors (Lipinski definition) is 3. The predicted molar refractivity (Wildman–Crippen MR) is 69.3 cm³/mol. The summed E-state index contributed by atoms with van der Waals surface area (Å²) in [5.41, 5.74) is 0. The highest BCUT2D eigenvalue weighted by molar-refractivity contribution is 5.76. The lowest BCUT2D eigenvalue weighted by Gasteiger charge is -2.24. The second-order valence-corrected chi connectivity index (χ2v) is 4.86. The number of esters is 1. The molecule has 104 valence electrons. The van der Waals surface area contributed by atoms with Crippen molar-refractivity contribution in [3.8, 4) is 0 Å². The molecule has 0 aromatic rings. The van der Waals surface area contributed by atoms with E-state index in [4.69, 9.17) is 4.74 Å². The smallest absolute Gasteiger partial charge is 0.315 e. The van der Waals surface area contributed by atoms with E-state index in [2.05, 4.69) is 10.6 Å². The summed E-state index contributed by atoms with van der Waals surface area (Å²) in [6, 6.07) is -0.0973. The largest absolute Gasteiger partial charge is 0.466 e. The fourth-order valence-electron chi connectivity index (χ4n) is 2.22. The molecular weight excluding hydrogens is 232 g/mol. The number of carbonyl (C=O) groups is 2. The van der Waals surface area contributed by atoms with Crippen LogP contribution in [0.5, 0.6) is 0 Å². The Morgan fingerprint density at radius 2 is 1.94 bits per heavy atom. The Hall–Kier alpha value is -1.26. The zero-order valence-corrected chi connectivity index (χ0v) is 11.3. The van der Waals surface area contributed by atoms with E-state index in [0.29, 0.717) is 6.61 Å². The van der Waals surface area contributed by atoms with E-state index < -0.39 is 0 Å². The van der Waals surface area contributed by atoms with Gasteiger partial charge >= 0.3 is 12.0 Å². The SMILES string of the molecule is CCOC(=O)CC(C)NC(=O)NC1CCCCC1. The van der Waals surface area contributed by atoms with Crippen molar-refractivity contribution < 1.29 is 14.3 Å². The Morgan fingerprint density at radius 3 is 2.56 bits per heavy atom. The molecule has 0 spiro atoms. The lowest BCUT2D eigenvalue weighted by Crippen LogP contribution is -2.46. The molecule has 18 heavy (non-hydrogen) atoms. The van der Waals surface area contributed by atoms with Gasteiger partial charge in [-0.05, 0) is 26.7 Å². The van der Waals surface area contributed by atoms with Crippen molar-refractivity contribution in [2.24, 2.45) is 0 Å². The van der Waals surface area contributed by atoms with Gasteiger partial charge in [0.05, 0.1) is 13.0 Å². The van der Waals surface area contributed by atoms with Crippen LogP contribution in [0.1, 0.15) is 52.4 Å². The first kappa shape index (κ1) is 14.8. The Bertz CT molecular complexity index is 275. The van der Waals surface area contributed by atoms with E-state index in [1.807, 2.05) is 0 Å². The molecular formula is C13H24N2O3. The Labute approximate surface area is 109 Å². The number of carbonyl (C=O) groups excluding carboxylic acids is 2. The molecule has 0 aromatic heterocycles. The average molecular weight is 256 g/mol. The number of urea groups is 1. The van der Waals surface area contributed by atoms with Gasteiger partial charge in [0.1, 0.15) is 0 Å². The van der Waals surface area contributed by atoms with Gasteiger partial charge < -0.3 is 15.4 Å². The summed E-state index contributed by atoms with van der Waals surface area (Å²) in [5.74, 6) is -0.275. The minimum absolute atomic E-state index is 0.182. The molecule has 1 aliphatic rings. The van der Waals surface area contributed by atoms with Crippen LogP contribution < -0.4 is 10.6 Å². The lowest BCUT2D eigenvalue weighted by atomic mass is 9.96. The molecule has 0 heterocycles. The molecule has 5 nitrogen and oxygen atoms in total. The highest BCUT2D eigenvalue weighted by atomic mass is 16.5. The molecule has 5 heteroatoms. The third-order valence-corrected chi connectivity index (χ3v) is 3.10. The van der Waals surface area contributed by atoms with Crippen molar-refractivity contribution >= 4 is 12.0 Å². The number of ether oxygens (including phenoxy) is 1. The van der Waals surface area contributed by atoms with Crippen LogP contribution in [0.3, 0.4) is 0 Å². The van der Waals surface area contributed by atoms with Gasteiger partial charge in [0.15, 0.2) is 0 Å². The molecule has 0 radical (unpaired) electrons. The first-order chi connectivity index (χ1) is 8.61. The second-order valence-electron chi connectivity index (χ2n) is 4.86. The predicted octanol–water partition coefficient (Wildman–Crippen LogP) is 1.96. The van der Waals surface area contributed by atoms with Crippen LogP contribution in [-0.2, 0) is 9.53 Å². The Morgan fingerprint density at radius 1 is 1.28 bits per heavy atom. The fraction of sp³-hybridized carbons (Fsp3) is 0.846. The molecule has 0 saturated heterocycles. The number of nitrogens with one attached hydrogen (secondary N) is 2. The van der Waals surface area contributed by atoms with Crippen LogP contribution in [0.15, 0.2) is 0 Å². The fourth-order valence-corrected chi connectivity index (χ4v) is 2.22. The van der Waals surface area contributed by atoms with E-state index in [1.54, 1.807) is 13.8 Å². The third kappa shape index (κ3) is 5.89. The first-order valence-electron chi connectivity index (χ1n) is 6.84. The van der Waals surface area contributed by atoms with Gasteiger partial charge in [-0.25, -0.2) is 4.79 Å². The van der Waals surface area contributed by atoms with Crippen LogP contribution >= 0.6 is 0 Å². The molecule has 1 rings (SSSR count). The first-order valence-corrected chi connectivity index (χ1v) is 6.84. The molecule has 1 atom stereocenters. The van der Waals surface area contributed by atoms with Crippen molar-refractivity contribution in [2.75, 3.05) is 6.61 Å². The summed E-state index contributed by atoms with van der Waals surface area (Å²) in [7, 11) is 0. The van der Waals surface area contributed by atoms with Crippen LogP contribution in [-0.4, -0.2) is 30.7 Å². The Kier molecular flexibility index (Phi) is 6.54. The van der Waals surface area contributed by atoms with E-state index in [0.717, 1.165) is 12.8 Å². The standard InChI is InChI=1S/C13H24N2O3/c1-3-18-12(16)9-10(2)14-13(17)15-11-7-5-4-6-8-11/h10-11H,3-9H2,1-2H3,(H2,14,15,17). The van der Waals surface area contributed by atoms with Crippen LogP contribution in [0.25, 0.3) is 0 Å². The summed E-state index contributed by atoms with van der Waals surface area (Å²) < 4.78 is 4.83. The van der Waals surface area contributed by atoms with E-state index in [9.17, 15) is 9.59 Å². The van der Waals surface area contributed by atoms with Gasteiger partial charge in [-0.1, -0.05) is 19.3 Å². The van der Waals surface area contributed by atoms with Gasteiger partial charge in [-0.2, -0.15) is 0 Å². The summed E-state index contributed by atoms with van der Waals surface area (Å²) in [6.45, 7) is 3.95. The molecule has 2 N–H and O–H groups in total. The molecule has 0 aromatic carbocycles. The molecule has 1 unspecified atom stereocenters. The molecule has 0 aliphatic heterocycles. The second kappa shape index (κ2) is 7.95. The number of rotatable bonds is 5. The minimum Gasteiger partial charge on any atom is -0.466 e. The van der Waals surface area contributed by atoms with Crippen molar-refractivity contribution in [3.63, 3.8) is 0 Å². The Balaban J connectivity index is 2.19. The molecule has 1 aliphatic carbocycles. The van der Waals surface area contributed by atoms with Crippen molar-refractivity contribution in [1.29, 1.82) is 0 Å².